The van der Waals surface area contributed by atoms with Gasteiger partial charge in [0.2, 0.25) is 5.91 Å². The Balaban J connectivity index is 2.70. The Labute approximate surface area is 96.3 Å². The molecule has 0 unspecified atom stereocenters. The molecule has 4 nitrogen and oxygen atoms in total. The van der Waals surface area contributed by atoms with Crippen molar-refractivity contribution in [2.24, 2.45) is 5.73 Å². The average molecular weight is 221 g/mol. The number of pyridine rings is 1. The maximum Gasteiger partial charge on any atom is 0.226 e. The van der Waals surface area contributed by atoms with Gasteiger partial charge in [-0.05, 0) is 39.8 Å². The summed E-state index contributed by atoms with van der Waals surface area (Å²) in [4.78, 5) is 15.9. The third kappa shape index (κ3) is 3.98. The minimum atomic E-state index is -0.490. The predicted molar refractivity (Wildman–Crippen MR) is 65.2 cm³/mol. The molecule has 88 valence electrons. The highest BCUT2D eigenvalue weighted by Crippen LogP contribution is 2.14. The fraction of sp³-hybridized carbons (Fsp3) is 0.500. The second-order valence-electron chi connectivity index (χ2n) is 4.80. The Morgan fingerprint density at radius 1 is 1.44 bits per heavy atom. The van der Waals surface area contributed by atoms with Crippen LogP contribution in [0.25, 0.3) is 0 Å². The summed E-state index contributed by atoms with van der Waals surface area (Å²) >= 11 is 0. The van der Waals surface area contributed by atoms with E-state index in [2.05, 4.69) is 10.3 Å². The summed E-state index contributed by atoms with van der Waals surface area (Å²) < 4.78 is 0. The van der Waals surface area contributed by atoms with Gasteiger partial charge in [-0.15, -0.1) is 0 Å². The van der Waals surface area contributed by atoms with Gasteiger partial charge in [-0.1, -0.05) is 0 Å². The lowest BCUT2D eigenvalue weighted by atomic mass is 10.0. The molecular formula is C12H19N3O. The van der Waals surface area contributed by atoms with E-state index in [9.17, 15) is 4.79 Å². The Morgan fingerprint density at radius 2 is 2.06 bits per heavy atom. The summed E-state index contributed by atoms with van der Waals surface area (Å²) in [5, 5.41) is 2.81. The van der Waals surface area contributed by atoms with Gasteiger partial charge in [0, 0.05) is 17.7 Å². The number of amides is 1. The van der Waals surface area contributed by atoms with Crippen molar-refractivity contribution in [1.82, 2.24) is 4.98 Å². The fourth-order valence-corrected chi connectivity index (χ4v) is 1.43. The highest BCUT2D eigenvalue weighted by molar-refractivity contribution is 5.91. The van der Waals surface area contributed by atoms with Gasteiger partial charge in [0.05, 0.1) is 11.4 Å². The molecule has 0 bridgehead atoms. The third-order valence-electron chi connectivity index (χ3n) is 2.12. The van der Waals surface area contributed by atoms with Crippen LogP contribution in [0.3, 0.4) is 0 Å². The first kappa shape index (κ1) is 12.6. The number of aromatic nitrogens is 1. The molecule has 0 aliphatic heterocycles. The van der Waals surface area contributed by atoms with E-state index in [4.69, 9.17) is 5.73 Å². The summed E-state index contributed by atoms with van der Waals surface area (Å²) in [5.74, 6) is -0.0822. The van der Waals surface area contributed by atoms with E-state index in [-0.39, 0.29) is 5.91 Å². The Kier molecular flexibility index (Phi) is 3.65. The third-order valence-corrected chi connectivity index (χ3v) is 2.12. The summed E-state index contributed by atoms with van der Waals surface area (Å²) in [6, 6.07) is 3.73. The van der Waals surface area contributed by atoms with E-state index in [1.54, 1.807) is 0 Å². The zero-order valence-corrected chi connectivity index (χ0v) is 10.3. The maximum atomic E-state index is 11.6. The number of rotatable bonds is 3. The van der Waals surface area contributed by atoms with Crippen LogP contribution in [-0.2, 0) is 4.79 Å². The number of carbonyl (C=O) groups is 1. The van der Waals surface area contributed by atoms with Crippen LogP contribution in [0.5, 0.6) is 0 Å². The van der Waals surface area contributed by atoms with Crippen LogP contribution in [0.15, 0.2) is 12.1 Å². The lowest BCUT2D eigenvalue weighted by Crippen LogP contribution is -2.36. The molecule has 0 saturated heterocycles. The number of nitrogens with two attached hydrogens (primary N) is 1. The van der Waals surface area contributed by atoms with Gasteiger partial charge < -0.3 is 11.1 Å². The molecule has 1 aromatic heterocycles. The van der Waals surface area contributed by atoms with Crippen LogP contribution < -0.4 is 11.1 Å². The molecule has 0 spiro atoms. The molecule has 4 heteroatoms. The largest absolute Gasteiger partial charge is 0.325 e. The van der Waals surface area contributed by atoms with Crippen molar-refractivity contribution in [3.63, 3.8) is 0 Å². The topological polar surface area (TPSA) is 68.0 Å². The van der Waals surface area contributed by atoms with Crippen LogP contribution in [0.4, 0.5) is 5.69 Å². The second-order valence-corrected chi connectivity index (χ2v) is 4.80. The summed E-state index contributed by atoms with van der Waals surface area (Å²) in [7, 11) is 0. The summed E-state index contributed by atoms with van der Waals surface area (Å²) in [6.45, 7) is 7.44. The first-order valence-corrected chi connectivity index (χ1v) is 5.31. The lowest BCUT2D eigenvalue weighted by Gasteiger charge is -2.18. The molecule has 0 radical (unpaired) electrons. The van der Waals surface area contributed by atoms with Crippen molar-refractivity contribution in [2.75, 3.05) is 5.32 Å². The van der Waals surface area contributed by atoms with E-state index in [0.29, 0.717) is 6.42 Å². The van der Waals surface area contributed by atoms with Crippen molar-refractivity contribution in [3.8, 4) is 0 Å². The number of hydrogen-bond acceptors (Lipinski definition) is 3. The molecule has 3 N–H and O–H groups in total. The second kappa shape index (κ2) is 4.61. The SMILES string of the molecule is Cc1ccc(NC(=O)CC(C)(C)N)c(C)n1. The number of carbonyl (C=O) groups excluding carboxylic acids is 1. The molecule has 16 heavy (non-hydrogen) atoms. The molecule has 0 aliphatic rings. The van der Waals surface area contributed by atoms with Gasteiger partial charge >= 0.3 is 0 Å². The van der Waals surface area contributed by atoms with Gasteiger partial charge in [0.1, 0.15) is 0 Å². The monoisotopic (exact) mass is 221 g/mol. The van der Waals surface area contributed by atoms with Crippen LogP contribution in [0.1, 0.15) is 31.7 Å². The zero-order valence-electron chi connectivity index (χ0n) is 10.3. The van der Waals surface area contributed by atoms with E-state index >= 15 is 0 Å². The van der Waals surface area contributed by atoms with Crippen molar-refractivity contribution in [3.05, 3.63) is 23.5 Å². The van der Waals surface area contributed by atoms with E-state index in [1.165, 1.54) is 0 Å². The number of aryl methyl sites for hydroxylation is 2. The normalized spacial score (nSPS) is 11.3. The lowest BCUT2D eigenvalue weighted by molar-refractivity contribution is -0.117. The molecule has 0 saturated carbocycles. The summed E-state index contributed by atoms with van der Waals surface area (Å²) in [5.41, 5.74) is 7.80. The van der Waals surface area contributed by atoms with Gasteiger partial charge in [-0.25, -0.2) is 0 Å². The molecule has 1 aromatic rings. The Hall–Kier alpha value is -1.42. The highest BCUT2D eigenvalue weighted by atomic mass is 16.1. The van der Waals surface area contributed by atoms with Gasteiger partial charge in [-0.2, -0.15) is 0 Å². The highest BCUT2D eigenvalue weighted by Gasteiger charge is 2.16. The van der Waals surface area contributed by atoms with Crippen molar-refractivity contribution >= 4 is 11.6 Å². The van der Waals surface area contributed by atoms with Crippen molar-refractivity contribution in [1.29, 1.82) is 0 Å². The molecule has 0 aromatic carbocycles. The molecular weight excluding hydrogens is 202 g/mol. The van der Waals surface area contributed by atoms with Crippen molar-refractivity contribution in [2.45, 2.75) is 39.7 Å². The van der Waals surface area contributed by atoms with Crippen LogP contribution in [0.2, 0.25) is 0 Å². The minimum absolute atomic E-state index is 0.0822. The van der Waals surface area contributed by atoms with Crippen LogP contribution >= 0.6 is 0 Å². The first-order valence-electron chi connectivity index (χ1n) is 5.31. The average Bonchev–Trinajstić information content (AvgIpc) is 2.06. The predicted octanol–water partition coefficient (Wildman–Crippen LogP) is 1.76. The number of hydrogen-bond donors (Lipinski definition) is 2. The Morgan fingerprint density at radius 3 is 2.56 bits per heavy atom. The number of anilines is 1. The molecule has 1 rings (SSSR count). The molecule has 1 amide bonds. The van der Waals surface area contributed by atoms with Crippen molar-refractivity contribution < 1.29 is 4.79 Å². The summed E-state index contributed by atoms with van der Waals surface area (Å²) in [6.07, 6.45) is 0.292. The van der Waals surface area contributed by atoms with E-state index in [0.717, 1.165) is 17.1 Å². The van der Waals surface area contributed by atoms with E-state index < -0.39 is 5.54 Å². The van der Waals surface area contributed by atoms with Crippen LogP contribution in [-0.4, -0.2) is 16.4 Å². The molecule has 0 fully saturated rings. The first-order chi connectivity index (χ1) is 7.28. The zero-order chi connectivity index (χ0) is 12.3. The van der Waals surface area contributed by atoms with E-state index in [1.807, 2.05) is 39.8 Å². The number of nitrogens with zero attached hydrogens (tertiary/aromatic N) is 1. The maximum absolute atomic E-state index is 11.6. The van der Waals surface area contributed by atoms with Crippen LogP contribution in [0, 0.1) is 13.8 Å². The number of nitrogens with one attached hydrogen (secondary N) is 1. The minimum Gasteiger partial charge on any atom is -0.325 e. The quantitative estimate of drug-likeness (QED) is 0.817. The fourth-order valence-electron chi connectivity index (χ4n) is 1.43. The Bertz CT molecular complexity index is 394. The van der Waals surface area contributed by atoms with Gasteiger partial charge in [-0.3, -0.25) is 9.78 Å². The molecule has 0 atom stereocenters. The van der Waals surface area contributed by atoms with Gasteiger partial charge in [0.25, 0.3) is 0 Å². The molecule has 1 heterocycles. The smallest absolute Gasteiger partial charge is 0.226 e. The standard InChI is InChI=1S/C12H19N3O/c1-8-5-6-10(9(2)14-8)15-11(16)7-12(3,4)13/h5-6H,7,13H2,1-4H3,(H,15,16). The van der Waals surface area contributed by atoms with Gasteiger partial charge in [0.15, 0.2) is 0 Å². The molecule has 0 aliphatic carbocycles.